The summed E-state index contributed by atoms with van der Waals surface area (Å²) in [6.45, 7) is 0. The number of Topliss-reactive ketones (excluding diaryl/α,β-unsaturated/α-hetero) is 1. The summed E-state index contributed by atoms with van der Waals surface area (Å²) in [4.78, 5) is 25.1. The molecule has 0 aliphatic rings. The zero-order chi connectivity index (χ0) is 9.68. The van der Waals surface area contributed by atoms with Crippen LogP contribution in [0, 0.1) is 0 Å². The van der Waals surface area contributed by atoms with Gasteiger partial charge in [-0.2, -0.15) is 5.26 Å². The summed E-state index contributed by atoms with van der Waals surface area (Å²) < 4.78 is 0. The van der Waals surface area contributed by atoms with Crippen molar-refractivity contribution >= 4 is 11.8 Å². The highest BCUT2D eigenvalue weighted by Crippen LogP contribution is 2.03. The molecule has 1 rings (SSSR count). The molecule has 0 atom stereocenters. The quantitative estimate of drug-likeness (QED) is 0.329. The summed E-state index contributed by atoms with van der Waals surface area (Å²) in [7, 11) is 0. The number of carbonyl (C=O) groups is 2. The van der Waals surface area contributed by atoms with E-state index in [4.69, 9.17) is 5.26 Å². The molecule has 68 valence electrons. The summed E-state index contributed by atoms with van der Waals surface area (Å²) in [5.74, 6) is -1.33. The van der Waals surface area contributed by atoms with Gasteiger partial charge in [0, 0.05) is 5.56 Å². The number of hydrogen-bond acceptors (Lipinski definition) is 4. The van der Waals surface area contributed by atoms with E-state index in [1.165, 1.54) is 0 Å². The molecule has 0 heterocycles. The third-order valence-electron chi connectivity index (χ3n) is 1.50. The van der Waals surface area contributed by atoms with Crippen molar-refractivity contribution in [2.24, 2.45) is 0 Å². The Labute approximate surface area is 74.7 Å². The molecule has 0 aliphatic carbocycles. The van der Waals surface area contributed by atoms with Gasteiger partial charge in [0.25, 0.3) is 0 Å². The first kappa shape index (κ1) is 9.41. The standard InChI is InChI=1S/C9H8O4/c10-8(6-9(11)13-12)7-4-2-1-3-5-7/h1-5,12H,6H2. The fourth-order valence-electron chi connectivity index (χ4n) is 0.889. The summed E-state index contributed by atoms with van der Waals surface area (Å²) in [5.41, 5.74) is 0.424. The van der Waals surface area contributed by atoms with Crippen molar-refractivity contribution in [3.8, 4) is 0 Å². The maximum atomic E-state index is 11.2. The highest BCUT2D eigenvalue weighted by Gasteiger charge is 2.11. The topological polar surface area (TPSA) is 63.6 Å². The van der Waals surface area contributed by atoms with Crippen molar-refractivity contribution in [1.82, 2.24) is 0 Å². The molecule has 4 nitrogen and oxygen atoms in total. The van der Waals surface area contributed by atoms with Crippen LogP contribution in [-0.4, -0.2) is 17.0 Å². The van der Waals surface area contributed by atoms with Gasteiger partial charge in [0.15, 0.2) is 5.78 Å². The molecule has 0 aromatic heterocycles. The predicted molar refractivity (Wildman–Crippen MR) is 44.1 cm³/mol. The lowest BCUT2D eigenvalue weighted by Gasteiger charge is -1.97. The number of ketones is 1. The van der Waals surface area contributed by atoms with E-state index in [1.807, 2.05) is 0 Å². The van der Waals surface area contributed by atoms with Crippen LogP contribution in [-0.2, 0) is 9.68 Å². The molecular formula is C9H8O4. The Kier molecular flexibility index (Phi) is 3.16. The molecule has 0 saturated carbocycles. The van der Waals surface area contributed by atoms with Crippen molar-refractivity contribution in [3.05, 3.63) is 35.9 Å². The molecule has 0 aliphatic heterocycles. The van der Waals surface area contributed by atoms with E-state index in [2.05, 4.69) is 4.89 Å². The highest BCUT2D eigenvalue weighted by molar-refractivity contribution is 6.05. The molecule has 0 saturated heterocycles. The van der Waals surface area contributed by atoms with Gasteiger partial charge in [-0.1, -0.05) is 30.3 Å². The van der Waals surface area contributed by atoms with E-state index >= 15 is 0 Å². The van der Waals surface area contributed by atoms with Gasteiger partial charge in [-0.05, 0) is 0 Å². The van der Waals surface area contributed by atoms with Crippen molar-refractivity contribution < 1.29 is 19.7 Å². The molecular weight excluding hydrogens is 172 g/mol. The van der Waals surface area contributed by atoms with E-state index in [0.717, 1.165) is 0 Å². The van der Waals surface area contributed by atoms with Gasteiger partial charge < -0.3 is 4.89 Å². The van der Waals surface area contributed by atoms with Crippen LogP contribution in [0.5, 0.6) is 0 Å². The van der Waals surface area contributed by atoms with Crippen LogP contribution < -0.4 is 0 Å². The number of carbonyl (C=O) groups excluding carboxylic acids is 2. The number of benzene rings is 1. The van der Waals surface area contributed by atoms with Gasteiger partial charge in [0.05, 0.1) is 0 Å². The maximum absolute atomic E-state index is 11.2. The predicted octanol–water partition coefficient (Wildman–Crippen LogP) is 1.28. The maximum Gasteiger partial charge on any atom is 0.349 e. The van der Waals surface area contributed by atoms with E-state index in [1.54, 1.807) is 30.3 Å². The van der Waals surface area contributed by atoms with E-state index in [0.29, 0.717) is 5.56 Å². The molecule has 0 spiro atoms. The minimum atomic E-state index is -0.950. The van der Waals surface area contributed by atoms with Crippen LogP contribution in [0.2, 0.25) is 0 Å². The lowest BCUT2D eigenvalue weighted by molar-refractivity contribution is -0.233. The molecule has 0 unspecified atom stereocenters. The lowest BCUT2D eigenvalue weighted by Crippen LogP contribution is -2.09. The minimum Gasteiger partial charge on any atom is -0.301 e. The third-order valence-corrected chi connectivity index (χ3v) is 1.50. The molecule has 0 fully saturated rings. The largest absolute Gasteiger partial charge is 0.349 e. The second-order valence-corrected chi connectivity index (χ2v) is 2.43. The van der Waals surface area contributed by atoms with E-state index in [9.17, 15) is 9.59 Å². The Morgan fingerprint density at radius 2 is 1.85 bits per heavy atom. The molecule has 4 heteroatoms. The Bertz CT molecular complexity index is 305. The first-order valence-corrected chi connectivity index (χ1v) is 3.66. The van der Waals surface area contributed by atoms with Crippen LogP contribution in [0.1, 0.15) is 16.8 Å². The van der Waals surface area contributed by atoms with Crippen molar-refractivity contribution in [2.45, 2.75) is 6.42 Å². The highest BCUT2D eigenvalue weighted by atomic mass is 17.1. The summed E-state index contributed by atoms with van der Waals surface area (Å²) in [5, 5.41) is 7.93. The van der Waals surface area contributed by atoms with Gasteiger partial charge in [-0.15, -0.1) is 0 Å². The van der Waals surface area contributed by atoms with Crippen LogP contribution in [0.4, 0.5) is 0 Å². The van der Waals surface area contributed by atoms with E-state index < -0.39 is 12.4 Å². The zero-order valence-corrected chi connectivity index (χ0v) is 6.77. The summed E-state index contributed by atoms with van der Waals surface area (Å²) >= 11 is 0. The second kappa shape index (κ2) is 4.37. The smallest absolute Gasteiger partial charge is 0.301 e. The molecule has 1 N–H and O–H groups in total. The molecule has 1 aromatic rings. The van der Waals surface area contributed by atoms with Crippen LogP contribution in [0.3, 0.4) is 0 Å². The van der Waals surface area contributed by atoms with Crippen molar-refractivity contribution in [2.75, 3.05) is 0 Å². The average molecular weight is 180 g/mol. The summed E-state index contributed by atoms with van der Waals surface area (Å²) in [6.07, 6.45) is -0.444. The Morgan fingerprint density at radius 3 is 2.38 bits per heavy atom. The van der Waals surface area contributed by atoms with Gasteiger partial charge >= 0.3 is 5.97 Å². The van der Waals surface area contributed by atoms with Crippen molar-refractivity contribution in [3.63, 3.8) is 0 Å². The SMILES string of the molecule is O=C(CC(=O)c1ccccc1)OO. The first-order valence-electron chi connectivity index (χ1n) is 3.66. The third kappa shape index (κ3) is 2.68. The van der Waals surface area contributed by atoms with Crippen molar-refractivity contribution in [1.29, 1.82) is 0 Å². The minimum absolute atomic E-state index is 0.375. The van der Waals surface area contributed by atoms with Crippen LogP contribution in [0.25, 0.3) is 0 Å². The van der Waals surface area contributed by atoms with Crippen LogP contribution >= 0.6 is 0 Å². The summed E-state index contributed by atoms with van der Waals surface area (Å²) in [6, 6.07) is 8.33. The fourth-order valence-corrected chi connectivity index (χ4v) is 0.889. The average Bonchev–Trinajstić information content (AvgIpc) is 2.19. The fraction of sp³-hybridized carbons (Fsp3) is 0.111. The molecule has 1 aromatic carbocycles. The van der Waals surface area contributed by atoms with Crippen LogP contribution in [0.15, 0.2) is 30.3 Å². The lowest BCUT2D eigenvalue weighted by atomic mass is 10.1. The van der Waals surface area contributed by atoms with E-state index in [-0.39, 0.29) is 5.78 Å². The first-order chi connectivity index (χ1) is 6.24. The Morgan fingerprint density at radius 1 is 1.23 bits per heavy atom. The van der Waals surface area contributed by atoms with Gasteiger partial charge in [0.2, 0.25) is 0 Å². The van der Waals surface area contributed by atoms with Gasteiger partial charge in [0.1, 0.15) is 6.42 Å². The molecule has 0 radical (unpaired) electrons. The molecule has 0 amide bonds. The van der Waals surface area contributed by atoms with Gasteiger partial charge in [-0.3, -0.25) is 4.79 Å². The Balaban J connectivity index is 2.65. The monoisotopic (exact) mass is 180 g/mol. The zero-order valence-electron chi connectivity index (χ0n) is 6.77. The molecule has 13 heavy (non-hydrogen) atoms. The normalized spacial score (nSPS) is 9.31. The second-order valence-electron chi connectivity index (χ2n) is 2.43. The number of rotatable bonds is 3. The molecule has 0 bridgehead atoms. The van der Waals surface area contributed by atoms with Gasteiger partial charge in [-0.25, -0.2) is 4.79 Å². The number of hydrogen-bond donors (Lipinski definition) is 1. The Hall–Kier alpha value is -1.68.